The molecule has 19 heavy (non-hydrogen) atoms. The van der Waals surface area contributed by atoms with Crippen molar-refractivity contribution in [3.63, 3.8) is 0 Å². The van der Waals surface area contributed by atoms with Gasteiger partial charge in [-0.2, -0.15) is 0 Å². The van der Waals surface area contributed by atoms with Gasteiger partial charge in [0.25, 0.3) is 5.91 Å². The molecule has 5 heteroatoms. The Morgan fingerprint density at radius 2 is 2.42 bits per heavy atom. The molecule has 2 N–H and O–H groups in total. The van der Waals surface area contributed by atoms with E-state index in [4.69, 9.17) is 16.3 Å². The Kier molecular flexibility index (Phi) is 5.05. The summed E-state index contributed by atoms with van der Waals surface area (Å²) in [7, 11) is 0. The Labute approximate surface area is 118 Å². The lowest BCUT2D eigenvalue weighted by Crippen LogP contribution is -2.49. The number of ether oxygens (including phenoxy) is 1. The molecule has 0 saturated carbocycles. The van der Waals surface area contributed by atoms with E-state index >= 15 is 0 Å². The summed E-state index contributed by atoms with van der Waals surface area (Å²) in [5.41, 5.74) is 0. The smallest absolute Gasteiger partial charge is 0.261 e. The summed E-state index contributed by atoms with van der Waals surface area (Å²) in [6.45, 7) is 3.60. The van der Waals surface area contributed by atoms with Gasteiger partial charge in [-0.1, -0.05) is 17.7 Å². The van der Waals surface area contributed by atoms with Crippen LogP contribution in [0, 0.1) is 0 Å². The monoisotopic (exact) mass is 282 g/mol. The maximum atomic E-state index is 12.0. The van der Waals surface area contributed by atoms with Gasteiger partial charge in [0.15, 0.2) is 6.10 Å². The van der Waals surface area contributed by atoms with Crippen LogP contribution >= 0.6 is 11.6 Å². The van der Waals surface area contributed by atoms with Crippen LogP contribution in [0.3, 0.4) is 0 Å². The van der Waals surface area contributed by atoms with Crippen molar-refractivity contribution in [2.75, 3.05) is 13.1 Å². The molecule has 0 radical (unpaired) electrons. The van der Waals surface area contributed by atoms with E-state index < -0.39 is 6.10 Å². The maximum absolute atomic E-state index is 12.0. The van der Waals surface area contributed by atoms with Gasteiger partial charge in [-0.3, -0.25) is 4.79 Å². The van der Waals surface area contributed by atoms with Crippen LogP contribution < -0.4 is 15.4 Å². The van der Waals surface area contributed by atoms with Crippen molar-refractivity contribution in [2.45, 2.75) is 31.9 Å². The molecule has 1 fully saturated rings. The molecule has 1 amide bonds. The SMILES string of the molecule is CC(Oc1cccc(Cl)c1)C(=O)N[C@H]1CCCNC1. The first-order chi connectivity index (χ1) is 9.15. The van der Waals surface area contributed by atoms with Crippen LogP contribution in [0.1, 0.15) is 19.8 Å². The van der Waals surface area contributed by atoms with Crippen molar-refractivity contribution >= 4 is 17.5 Å². The summed E-state index contributed by atoms with van der Waals surface area (Å²) in [5.74, 6) is 0.519. The predicted octanol–water partition coefficient (Wildman–Crippen LogP) is 1.98. The fraction of sp³-hybridized carbons (Fsp3) is 0.500. The zero-order valence-corrected chi connectivity index (χ0v) is 11.7. The quantitative estimate of drug-likeness (QED) is 0.888. The fourth-order valence-electron chi connectivity index (χ4n) is 2.09. The molecule has 1 unspecified atom stereocenters. The van der Waals surface area contributed by atoms with Gasteiger partial charge in [-0.25, -0.2) is 0 Å². The molecule has 0 spiro atoms. The average molecular weight is 283 g/mol. The first-order valence-electron chi connectivity index (χ1n) is 6.58. The van der Waals surface area contributed by atoms with Crippen LogP contribution in [0.25, 0.3) is 0 Å². The Bertz CT molecular complexity index is 433. The second-order valence-corrected chi connectivity index (χ2v) is 5.21. The summed E-state index contributed by atoms with van der Waals surface area (Å²) in [4.78, 5) is 12.0. The Hall–Kier alpha value is -1.26. The molecule has 1 saturated heterocycles. The van der Waals surface area contributed by atoms with Crippen molar-refractivity contribution in [1.82, 2.24) is 10.6 Å². The number of piperidine rings is 1. The van der Waals surface area contributed by atoms with E-state index in [1.54, 1.807) is 31.2 Å². The molecule has 0 aliphatic carbocycles. The minimum Gasteiger partial charge on any atom is -0.481 e. The van der Waals surface area contributed by atoms with Gasteiger partial charge in [-0.15, -0.1) is 0 Å². The van der Waals surface area contributed by atoms with Gasteiger partial charge >= 0.3 is 0 Å². The molecular weight excluding hydrogens is 264 g/mol. The van der Waals surface area contributed by atoms with Gasteiger partial charge in [0.1, 0.15) is 5.75 Å². The summed E-state index contributed by atoms with van der Waals surface area (Å²) >= 11 is 5.87. The lowest BCUT2D eigenvalue weighted by molar-refractivity contribution is -0.128. The second kappa shape index (κ2) is 6.78. The van der Waals surface area contributed by atoms with E-state index in [1.807, 2.05) is 0 Å². The third-order valence-corrected chi connectivity index (χ3v) is 3.36. The number of hydrogen-bond acceptors (Lipinski definition) is 3. The molecular formula is C14H19ClN2O2. The van der Waals surface area contributed by atoms with E-state index in [0.29, 0.717) is 10.8 Å². The minimum absolute atomic E-state index is 0.0892. The van der Waals surface area contributed by atoms with E-state index in [1.165, 1.54) is 0 Å². The molecule has 104 valence electrons. The van der Waals surface area contributed by atoms with Crippen molar-refractivity contribution in [1.29, 1.82) is 0 Å². The number of amides is 1. The normalized spacial score (nSPS) is 20.6. The van der Waals surface area contributed by atoms with E-state index in [-0.39, 0.29) is 11.9 Å². The number of nitrogens with one attached hydrogen (secondary N) is 2. The second-order valence-electron chi connectivity index (χ2n) is 4.77. The van der Waals surface area contributed by atoms with E-state index in [2.05, 4.69) is 10.6 Å². The zero-order chi connectivity index (χ0) is 13.7. The molecule has 2 rings (SSSR count). The number of hydrogen-bond donors (Lipinski definition) is 2. The van der Waals surface area contributed by atoms with Crippen LogP contribution in [-0.4, -0.2) is 31.1 Å². The highest BCUT2D eigenvalue weighted by molar-refractivity contribution is 6.30. The van der Waals surface area contributed by atoms with Crippen molar-refractivity contribution in [2.24, 2.45) is 0 Å². The van der Waals surface area contributed by atoms with E-state index in [0.717, 1.165) is 25.9 Å². The Morgan fingerprint density at radius 3 is 3.11 bits per heavy atom. The summed E-state index contributed by atoms with van der Waals surface area (Å²) in [5, 5.41) is 6.86. The standard InChI is InChI=1S/C14H19ClN2O2/c1-10(19-13-6-2-4-11(15)8-13)14(18)17-12-5-3-7-16-9-12/h2,4,6,8,10,12,16H,3,5,7,9H2,1H3,(H,17,18)/t10?,12-/m0/s1. The molecule has 1 heterocycles. The largest absolute Gasteiger partial charge is 0.481 e. The molecule has 4 nitrogen and oxygen atoms in total. The Morgan fingerprint density at radius 1 is 1.58 bits per heavy atom. The molecule has 0 aromatic heterocycles. The predicted molar refractivity (Wildman–Crippen MR) is 75.6 cm³/mol. The number of halogens is 1. The highest BCUT2D eigenvalue weighted by Gasteiger charge is 2.20. The lowest BCUT2D eigenvalue weighted by atomic mass is 10.1. The van der Waals surface area contributed by atoms with Gasteiger partial charge in [-0.05, 0) is 44.5 Å². The van der Waals surface area contributed by atoms with Crippen molar-refractivity contribution < 1.29 is 9.53 Å². The topological polar surface area (TPSA) is 50.4 Å². The first kappa shape index (κ1) is 14.2. The molecule has 1 aromatic rings. The molecule has 1 aliphatic heterocycles. The van der Waals surface area contributed by atoms with Crippen LogP contribution in [0.4, 0.5) is 0 Å². The lowest BCUT2D eigenvalue weighted by Gasteiger charge is -2.25. The first-order valence-corrected chi connectivity index (χ1v) is 6.96. The van der Waals surface area contributed by atoms with E-state index in [9.17, 15) is 4.79 Å². The summed E-state index contributed by atoms with van der Waals surface area (Å²) in [6.07, 6.45) is 1.58. The third-order valence-electron chi connectivity index (χ3n) is 3.12. The number of benzene rings is 1. The van der Waals surface area contributed by atoms with Crippen LogP contribution in [0.5, 0.6) is 5.75 Å². The summed E-state index contributed by atoms with van der Waals surface area (Å²) < 4.78 is 5.58. The number of carbonyl (C=O) groups excluding carboxylic acids is 1. The van der Waals surface area contributed by atoms with Crippen LogP contribution in [-0.2, 0) is 4.79 Å². The Balaban J connectivity index is 1.84. The van der Waals surface area contributed by atoms with Crippen LogP contribution in [0.2, 0.25) is 5.02 Å². The zero-order valence-electron chi connectivity index (χ0n) is 11.0. The van der Waals surface area contributed by atoms with Crippen molar-refractivity contribution in [3.05, 3.63) is 29.3 Å². The molecule has 2 atom stereocenters. The third kappa shape index (κ3) is 4.40. The highest BCUT2D eigenvalue weighted by Crippen LogP contribution is 2.18. The molecule has 1 aromatic carbocycles. The molecule has 0 bridgehead atoms. The fourth-order valence-corrected chi connectivity index (χ4v) is 2.27. The molecule has 1 aliphatic rings. The van der Waals surface area contributed by atoms with Gasteiger partial charge < -0.3 is 15.4 Å². The van der Waals surface area contributed by atoms with Gasteiger partial charge in [0, 0.05) is 17.6 Å². The van der Waals surface area contributed by atoms with Crippen LogP contribution in [0.15, 0.2) is 24.3 Å². The number of carbonyl (C=O) groups is 1. The average Bonchev–Trinajstić information content (AvgIpc) is 2.40. The highest BCUT2D eigenvalue weighted by atomic mass is 35.5. The maximum Gasteiger partial charge on any atom is 0.261 e. The minimum atomic E-state index is -0.527. The number of rotatable bonds is 4. The van der Waals surface area contributed by atoms with Gasteiger partial charge in [0.2, 0.25) is 0 Å². The van der Waals surface area contributed by atoms with Crippen molar-refractivity contribution in [3.8, 4) is 5.75 Å². The summed E-state index contributed by atoms with van der Waals surface area (Å²) in [6, 6.07) is 7.26. The van der Waals surface area contributed by atoms with Gasteiger partial charge in [0.05, 0.1) is 0 Å².